The molecule has 0 aliphatic carbocycles. The molecule has 7 heteroatoms. The molecule has 6 nitrogen and oxygen atoms in total. The van der Waals surface area contributed by atoms with Crippen molar-refractivity contribution in [3.63, 3.8) is 0 Å². The van der Waals surface area contributed by atoms with Crippen LogP contribution in [0.15, 0.2) is 28.2 Å². The summed E-state index contributed by atoms with van der Waals surface area (Å²) in [5, 5.41) is 5.95. The van der Waals surface area contributed by atoms with Gasteiger partial charge in [-0.2, -0.15) is 0 Å². The monoisotopic (exact) mass is 348 g/mol. The second-order valence-corrected chi connectivity index (χ2v) is 7.09. The van der Waals surface area contributed by atoms with Gasteiger partial charge in [0.15, 0.2) is 5.13 Å². The van der Waals surface area contributed by atoms with E-state index in [1.807, 2.05) is 41.4 Å². The quantitative estimate of drug-likeness (QED) is 0.916. The van der Waals surface area contributed by atoms with Crippen molar-refractivity contribution in [2.75, 3.05) is 25.5 Å². The summed E-state index contributed by atoms with van der Waals surface area (Å²) in [5.41, 5.74) is 0.890. The largest absolute Gasteiger partial charge is 0.467 e. The molecule has 1 fully saturated rings. The number of aromatic nitrogens is 1. The summed E-state index contributed by atoms with van der Waals surface area (Å²) in [4.78, 5) is 21.1. The van der Waals surface area contributed by atoms with E-state index in [1.54, 1.807) is 17.6 Å². The molecule has 2 aromatic heterocycles. The Bertz CT molecular complexity index is 653. The maximum Gasteiger partial charge on any atom is 0.318 e. The normalized spacial score (nSPS) is 18.2. The van der Waals surface area contributed by atoms with Crippen LogP contribution in [0.3, 0.4) is 0 Å². The highest BCUT2D eigenvalue weighted by Crippen LogP contribution is 2.30. The predicted octanol–water partition coefficient (Wildman–Crippen LogP) is 3.63. The van der Waals surface area contributed by atoms with E-state index >= 15 is 0 Å². The van der Waals surface area contributed by atoms with Gasteiger partial charge in [-0.3, -0.25) is 0 Å². The lowest BCUT2D eigenvalue weighted by atomic mass is 10.1. The van der Waals surface area contributed by atoms with Crippen molar-refractivity contribution in [2.45, 2.75) is 38.3 Å². The molecule has 2 aromatic rings. The molecule has 0 bridgehead atoms. The first-order valence-electron chi connectivity index (χ1n) is 8.35. The highest BCUT2D eigenvalue weighted by molar-refractivity contribution is 7.13. The zero-order valence-electron chi connectivity index (χ0n) is 14.2. The fourth-order valence-electron chi connectivity index (χ4n) is 2.98. The van der Waals surface area contributed by atoms with Gasteiger partial charge in [0.1, 0.15) is 5.76 Å². The maximum atomic E-state index is 12.7. The van der Waals surface area contributed by atoms with Crippen LogP contribution < -0.4 is 10.2 Å². The van der Waals surface area contributed by atoms with E-state index in [-0.39, 0.29) is 12.1 Å². The fraction of sp³-hybridized carbons (Fsp3) is 0.529. The Morgan fingerprint density at radius 1 is 1.46 bits per heavy atom. The number of carbonyl (C=O) groups is 1. The van der Waals surface area contributed by atoms with Crippen LogP contribution in [0, 0.1) is 0 Å². The van der Waals surface area contributed by atoms with Crippen LogP contribution in [-0.4, -0.2) is 36.6 Å². The van der Waals surface area contributed by atoms with Crippen molar-refractivity contribution in [3.05, 3.63) is 35.2 Å². The Kier molecular flexibility index (Phi) is 5.40. The minimum atomic E-state index is -0.0438. The van der Waals surface area contributed by atoms with Gasteiger partial charge in [0, 0.05) is 26.0 Å². The van der Waals surface area contributed by atoms with Gasteiger partial charge in [0.2, 0.25) is 0 Å². The topological polar surface area (TPSA) is 61.6 Å². The lowest BCUT2D eigenvalue weighted by Gasteiger charge is -2.28. The molecule has 0 spiro atoms. The van der Waals surface area contributed by atoms with E-state index in [0.717, 1.165) is 48.8 Å². The standard InChI is InChI=1S/C17H24N4O2S/c1-20(2)17-19-13(12-24-17)11-18-16(22)21-9-5-3-4-7-14(21)15-8-6-10-23-15/h6,8,10,12,14H,3-5,7,9,11H2,1-2H3,(H,18,22)/t14-/m0/s1. The molecular weight excluding hydrogens is 324 g/mol. The van der Waals surface area contributed by atoms with Gasteiger partial charge in [-0.15, -0.1) is 11.3 Å². The Hall–Kier alpha value is -2.02. The van der Waals surface area contributed by atoms with Gasteiger partial charge >= 0.3 is 6.03 Å². The minimum Gasteiger partial charge on any atom is -0.467 e. The number of amides is 2. The van der Waals surface area contributed by atoms with E-state index in [2.05, 4.69) is 10.3 Å². The molecule has 1 saturated heterocycles. The second kappa shape index (κ2) is 7.70. The molecule has 1 atom stereocenters. The zero-order chi connectivity index (χ0) is 16.9. The van der Waals surface area contributed by atoms with Crippen LogP contribution in [0.4, 0.5) is 9.93 Å². The Balaban J connectivity index is 1.64. The third kappa shape index (κ3) is 3.90. The van der Waals surface area contributed by atoms with Crippen LogP contribution in [0.1, 0.15) is 43.2 Å². The summed E-state index contributed by atoms with van der Waals surface area (Å²) in [6.45, 7) is 1.21. The third-order valence-electron chi connectivity index (χ3n) is 4.23. The molecule has 0 unspecified atom stereocenters. The first-order valence-corrected chi connectivity index (χ1v) is 9.22. The van der Waals surface area contributed by atoms with E-state index in [1.165, 1.54) is 0 Å². The van der Waals surface area contributed by atoms with Crippen molar-refractivity contribution in [1.82, 2.24) is 15.2 Å². The zero-order valence-corrected chi connectivity index (χ0v) is 15.0. The van der Waals surface area contributed by atoms with Crippen LogP contribution in [-0.2, 0) is 6.54 Å². The molecule has 2 amide bonds. The van der Waals surface area contributed by atoms with Crippen LogP contribution in [0.5, 0.6) is 0 Å². The van der Waals surface area contributed by atoms with Crippen molar-refractivity contribution >= 4 is 22.5 Å². The van der Waals surface area contributed by atoms with Gasteiger partial charge < -0.3 is 19.5 Å². The molecule has 0 aromatic carbocycles. The van der Waals surface area contributed by atoms with E-state index < -0.39 is 0 Å². The van der Waals surface area contributed by atoms with Crippen molar-refractivity contribution < 1.29 is 9.21 Å². The van der Waals surface area contributed by atoms with E-state index in [4.69, 9.17) is 4.42 Å². The highest BCUT2D eigenvalue weighted by atomic mass is 32.1. The van der Waals surface area contributed by atoms with Crippen molar-refractivity contribution in [1.29, 1.82) is 0 Å². The molecule has 1 aliphatic rings. The first-order chi connectivity index (χ1) is 11.6. The second-order valence-electron chi connectivity index (χ2n) is 6.25. The van der Waals surface area contributed by atoms with E-state index in [0.29, 0.717) is 6.54 Å². The Labute approximate surface area is 146 Å². The minimum absolute atomic E-state index is 0.0234. The third-order valence-corrected chi connectivity index (χ3v) is 5.29. The number of thiazole rings is 1. The molecule has 1 aliphatic heterocycles. The molecule has 3 rings (SSSR count). The number of nitrogens with zero attached hydrogens (tertiary/aromatic N) is 3. The lowest BCUT2D eigenvalue weighted by Crippen LogP contribution is -2.41. The number of likely N-dealkylation sites (tertiary alicyclic amines) is 1. The molecule has 24 heavy (non-hydrogen) atoms. The summed E-state index contributed by atoms with van der Waals surface area (Å²) in [6, 6.07) is 3.82. The number of hydrogen-bond acceptors (Lipinski definition) is 5. The molecule has 3 heterocycles. The van der Waals surface area contributed by atoms with Gasteiger partial charge in [0.25, 0.3) is 0 Å². The summed E-state index contributed by atoms with van der Waals surface area (Å²) in [6.07, 6.45) is 5.93. The summed E-state index contributed by atoms with van der Waals surface area (Å²) in [5.74, 6) is 0.871. The molecule has 0 saturated carbocycles. The van der Waals surface area contributed by atoms with Crippen molar-refractivity contribution in [2.24, 2.45) is 0 Å². The average Bonchev–Trinajstić information content (AvgIpc) is 3.20. The number of nitrogens with one attached hydrogen (secondary N) is 1. The molecule has 0 radical (unpaired) electrons. The number of furan rings is 1. The lowest BCUT2D eigenvalue weighted by molar-refractivity contribution is 0.166. The maximum absolute atomic E-state index is 12.7. The average molecular weight is 348 g/mol. The highest BCUT2D eigenvalue weighted by Gasteiger charge is 2.28. The van der Waals surface area contributed by atoms with E-state index in [9.17, 15) is 4.79 Å². The van der Waals surface area contributed by atoms with Gasteiger partial charge in [-0.1, -0.05) is 12.8 Å². The number of carbonyl (C=O) groups excluding carboxylic acids is 1. The Morgan fingerprint density at radius 2 is 2.33 bits per heavy atom. The number of urea groups is 1. The van der Waals surface area contributed by atoms with Gasteiger partial charge in [-0.25, -0.2) is 9.78 Å². The van der Waals surface area contributed by atoms with Crippen LogP contribution in [0.25, 0.3) is 0 Å². The summed E-state index contributed by atoms with van der Waals surface area (Å²) >= 11 is 1.58. The van der Waals surface area contributed by atoms with Gasteiger partial charge in [-0.05, 0) is 25.0 Å². The molecule has 1 N–H and O–H groups in total. The summed E-state index contributed by atoms with van der Waals surface area (Å²) < 4.78 is 5.56. The molecule has 130 valence electrons. The number of anilines is 1. The SMILES string of the molecule is CN(C)c1nc(CNC(=O)N2CCCCC[C@H]2c2ccco2)cs1. The van der Waals surface area contributed by atoms with Gasteiger partial charge in [0.05, 0.1) is 24.5 Å². The predicted molar refractivity (Wildman–Crippen MR) is 95.3 cm³/mol. The number of rotatable bonds is 4. The van der Waals surface area contributed by atoms with Crippen LogP contribution >= 0.6 is 11.3 Å². The van der Waals surface area contributed by atoms with Crippen LogP contribution in [0.2, 0.25) is 0 Å². The fourth-order valence-corrected chi connectivity index (χ4v) is 3.74. The Morgan fingerprint density at radius 3 is 3.04 bits per heavy atom. The van der Waals surface area contributed by atoms with Crippen molar-refractivity contribution in [3.8, 4) is 0 Å². The molecular formula is C17H24N4O2S. The first kappa shape index (κ1) is 16.8. The smallest absolute Gasteiger partial charge is 0.318 e. The number of hydrogen-bond donors (Lipinski definition) is 1. The summed E-state index contributed by atoms with van der Waals surface area (Å²) in [7, 11) is 3.93.